The molecule has 1 aliphatic carbocycles. The number of hydrogen-bond donors (Lipinski definition) is 3. The first-order valence-electron chi connectivity index (χ1n) is 15.0. The molecular formula is C32H39F2N9. The van der Waals surface area contributed by atoms with Crippen LogP contribution < -0.4 is 21.8 Å². The van der Waals surface area contributed by atoms with Crippen molar-refractivity contribution in [1.29, 1.82) is 5.26 Å². The van der Waals surface area contributed by atoms with E-state index < -0.39 is 17.3 Å². The van der Waals surface area contributed by atoms with Crippen molar-refractivity contribution < 1.29 is 8.78 Å². The van der Waals surface area contributed by atoms with Crippen LogP contribution in [0.4, 0.5) is 20.4 Å². The van der Waals surface area contributed by atoms with E-state index in [0.29, 0.717) is 69.3 Å². The molecule has 0 unspecified atom stereocenters. The number of nitrogens with one attached hydrogen (secondary N) is 1. The highest BCUT2D eigenvalue weighted by Crippen LogP contribution is 2.56. The lowest BCUT2D eigenvalue weighted by atomic mass is 9.85. The van der Waals surface area contributed by atoms with Crippen LogP contribution in [0.25, 0.3) is 6.08 Å². The minimum Gasteiger partial charge on any atom is -0.400 e. The van der Waals surface area contributed by atoms with Crippen molar-refractivity contribution in [2.45, 2.75) is 51.0 Å². The minimum atomic E-state index is -2.96. The molecule has 1 atom stereocenters. The van der Waals surface area contributed by atoms with Gasteiger partial charge in [0.15, 0.2) is 0 Å². The molecule has 5 N–H and O–H groups in total. The molecule has 7 rings (SSSR count). The molecule has 43 heavy (non-hydrogen) atoms. The largest absolute Gasteiger partial charge is 0.400 e. The quantitative estimate of drug-likeness (QED) is 0.402. The Bertz CT molecular complexity index is 1500. The van der Waals surface area contributed by atoms with Crippen LogP contribution in [0, 0.1) is 22.7 Å². The zero-order valence-electron chi connectivity index (χ0n) is 24.6. The number of nitrogens with zero attached hydrogens (tertiary/aromatic N) is 6. The van der Waals surface area contributed by atoms with E-state index in [2.05, 4.69) is 32.8 Å². The van der Waals surface area contributed by atoms with Crippen LogP contribution in [0.5, 0.6) is 0 Å². The van der Waals surface area contributed by atoms with E-state index in [9.17, 15) is 5.26 Å². The number of aromatic nitrogens is 2. The van der Waals surface area contributed by atoms with Crippen LogP contribution >= 0.6 is 0 Å². The monoisotopic (exact) mass is 587 g/mol. The van der Waals surface area contributed by atoms with Gasteiger partial charge in [0.05, 0.1) is 17.0 Å². The number of halogens is 2. The third-order valence-electron chi connectivity index (χ3n) is 9.28. The van der Waals surface area contributed by atoms with E-state index in [4.69, 9.17) is 11.6 Å². The molecule has 2 aromatic rings. The normalized spacial score (nSPS) is 28.0. The second kappa shape index (κ2) is 11.2. The molecule has 8 bridgehead atoms. The molecule has 2 fully saturated rings. The first kappa shape index (κ1) is 29.1. The zero-order chi connectivity index (χ0) is 30.4. The summed E-state index contributed by atoms with van der Waals surface area (Å²) >= 11 is 0. The van der Waals surface area contributed by atoms with E-state index in [-0.39, 0.29) is 11.6 Å². The molecule has 0 radical (unpaired) electrons. The number of hydrazine groups is 1. The van der Waals surface area contributed by atoms with Crippen molar-refractivity contribution >= 4 is 17.7 Å². The van der Waals surface area contributed by atoms with Crippen molar-refractivity contribution in [3.63, 3.8) is 0 Å². The topological polar surface area (TPSA) is 123 Å². The third kappa shape index (κ3) is 5.57. The van der Waals surface area contributed by atoms with E-state index in [1.165, 1.54) is 12.4 Å². The summed E-state index contributed by atoms with van der Waals surface area (Å²) in [6.07, 6.45) is 8.18. The van der Waals surface area contributed by atoms with E-state index in [1.807, 2.05) is 24.0 Å². The van der Waals surface area contributed by atoms with Gasteiger partial charge in [0, 0.05) is 54.8 Å². The Morgan fingerprint density at radius 2 is 1.91 bits per heavy atom. The van der Waals surface area contributed by atoms with Gasteiger partial charge in [0.25, 0.3) is 5.92 Å². The lowest BCUT2D eigenvalue weighted by Crippen LogP contribution is -2.41. The Morgan fingerprint density at radius 3 is 2.63 bits per heavy atom. The van der Waals surface area contributed by atoms with Gasteiger partial charge in [0.1, 0.15) is 18.0 Å². The number of rotatable bonds is 1. The number of nitriles is 1. The fourth-order valence-electron chi connectivity index (χ4n) is 6.55. The van der Waals surface area contributed by atoms with E-state index in [0.717, 1.165) is 35.2 Å². The maximum Gasteiger partial charge on any atom is 0.276 e. The van der Waals surface area contributed by atoms with Gasteiger partial charge in [-0.2, -0.15) is 5.26 Å². The van der Waals surface area contributed by atoms with Crippen molar-refractivity contribution in [2.24, 2.45) is 22.9 Å². The fraction of sp³-hybridized carbons (Fsp3) is 0.469. The lowest BCUT2D eigenvalue weighted by molar-refractivity contribution is -0.0849. The molecule has 0 spiro atoms. The van der Waals surface area contributed by atoms with Gasteiger partial charge >= 0.3 is 0 Å². The fourth-order valence-corrected chi connectivity index (χ4v) is 6.55. The highest BCUT2D eigenvalue weighted by atomic mass is 19.3. The van der Waals surface area contributed by atoms with Crippen molar-refractivity contribution in [1.82, 2.24) is 19.9 Å². The van der Waals surface area contributed by atoms with Crippen molar-refractivity contribution in [3.05, 3.63) is 77.0 Å². The molecule has 5 aliphatic rings. The highest BCUT2D eigenvalue weighted by Gasteiger charge is 2.50. The summed E-state index contributed by atoms with van der Waals surface area (Å²) in [5.74, 6) is 3.84. The standard InChI is InChI=1S/C32H39F2N9/c1-21-23-5-3-6-25(15-23)32(33,34)24-7-13-41(14-8-24)17-26(36)18-42(37)11-4-12-43-22(2)28(31(19-35)9-10-31)16-27-29(40-21)38-20-39-30(27)43/h3,5-6,15-16,18,20-21,24H,2,4,7-14,17,36-37H2,1H3,(H,38,39,40)/b26-18-/t21-/m1/s1. The predicted molar refractivity (Wildman–Crippen MR) is 163 cm³/mol. The molecule has 1 aromatic heterocycles. The first-order valence-corrected chi connectivity index (χ1v) is 15.0. The Kier molecular flexibility index (Phi) is 7.60. The lowest BCUT2D eigenvalue weighted by Gasteiger charge is -2.36. The minimum absolute atomic E-state index is 0.0280. The number of fused-ring (bicyclic) bond motifs is 8. The Balaban J connectivity index is 1.39. The predicted octanol–water partition coefficient (Wildman–Crippen LogP) is 4.85. The molecule has 0 amide bonds. The smallest absolute Gasteiger partial charge is 0.276 e. The van der Waals surface area contributed by atoms with Gasteiger partial charge < -0.3 is 21.0 Å². The number of anilines is 2. The van der Waals surface area contributed by atoms with E-state index in [1.54, 1.807) is 23.3 Å². The number of alkyl halides is 2. The first-order chi connectivity index (χ1) is 20.6. The van der Waals surface area contributed by atoms with Crippen LogP contribution in [0.15, 0.2) is 60.3 Å². The third-order valence-corrected chi connectivity index (χ3v) is 9.28. The average molecular weight is 588 g/mol. The number of piperidine rings is 1. The summed E-state index contributed by atoms with van der Waals surface area (Å²) in [5.41, 5.74) is 9.47. The van der Waals surface area contributed by atoms with Gasteiger partial charge in [-0.15, -0.1) is 0 Å². The summed E-state index contributed by atoms with van der Waals surface area (Å²) in [6, 6.07) is 8.89. The van der Waals surface area contributed by atoms with Crippen LogP contribution in [0.1, 0.15) is 61.8 Å². The molecule has 5 heterocycles. The van der Waals surface area contributed by atoms with Gasteiger partial charge in [-0.1, -0.05) is 24.8 Å². The number of nitrogens with two attached hydrogens (primary N) is 2. The highest BCUT2D eigenvalue weighted by molar-refractivity contribution is 5.84. The summed E-state index contributed by atoms with van der Waals surface area (Å²) in [4.78, 5) is 13.3. The second-order valence-electron chi connectivity index (χ2n) is 12.3. The zero-order valence-corrected chi connectivity index (χ0v) is 24.6. The molecule has 1 aromatic carbocycles. The SMILES string of the molecule is C=C1C(C2(C#N)CC2)=Cc2c3ncnc2N1CCCN(N)/C=C(\N)CN1CCC(CC1)C(F)(F)c1cccc(c1)[C@@H](C)N3. The van der Waals surface area contributed by atoms with Gasteiger partial charge in [-0.05, 0) is 75.4 Å². The Hall–Kier alpha value is -4.01. The number of benzene rings is 1. The molecule has 1 saturated heterocycles. The number of allylic oxidation sites excluding steroid dienone is 1. The summed E-state index contributed by atoms with van der Waals surface area (Å²) < 4.78 is 31.7. The van der Waals surface area contributed by atoms with Crippen LogP contribution in [0.3, 0.4) is 0 Å². The van der Waals surface area contributed by atoms with E-state index >= 15 is 8.78 Å². The second-order valence-corrected chi connectivity index (χ2v) is 12.3. The molecule has 11 heteroatoms. The molecule has 1 saturated carbocycles. The van der Waals surface area contributed by atoms with Crippen LogP contribution in [-0.4, -0.2) is 52.6 Å². The Morgan fingerprint density at radius 1 is 1.14 bits per heavy atom. The van der Waals surface area contributed by atoms with Gasteiger partial charge in [-0.3, -0.25) is 4.90 Å². The van der Waals surface area contributed by atoms with Crippen LogP contribution in [0.2, 0.25) is 0 Å². The molecule has 9 nitrogen and oxygen atoms in total. The molecule has 4 aliphatic heterocycles. The average Bonchev–Trinajstić information content (AvgIpc) is 3.79. The van der Waals surface area contributed by atoms with Crippen molar-refractivity contribution in [3.8, 4) is 6.07 Å². The molecular weight excluding hydrogens is 548 g/mol. The Labute approximate surface area is 251 Å². The molecule has 226 valence electrons. The summed E-state index contributed by atoms with van der Waals surface area (Å²) in [5, 5.41) is 15.1. The summed E-state index contributed by atoms with van der Waals surface area (Å²) in [6.45, 7) is 8.99. The van der Waals surface area contributed by atoms with Gasteiger partial charge in [-0.25, -0.2) is 24.6 Å². The maximum atomic E-state index is 15.9. The van der Waals surface area contributed by atoms with Crippen LogP contribution in [-0.2, 0) is 5.92 Å². The summed E-state index contributed by atoms with van der Waals surface area (Å²) in [7, 11) is 0. The maximum absolute atomic E-state index is 15.9. The van der Waals surface area contributed by atoms with Crippen molar-refractivity contribution in [2.75, 3.05) is 42.9 Å². The van der Waals surface area contributed by atoms with Gasteiger partial charge in [0.2, 0.25) is 0 Å². The number of hydrogen-bond acceptors (Lipinski definition) is 9.